The Morgan fingerprint density at radius 2 is 1.88 bits per heavy atom. The Bertz CT molecular complexity index is 599. The Kier molecular flexibility index (Phi) is 7.19. The zero-order chi connectivity index (χ0) is 18.5. The van der Waals surface area contributed by atoms with Crippen LogP contribution in [0, 0.1) is 0 Å². The molecule has 0 aliphatic rings. The number of hydrogen-bond acceptors (Lipinski definition) is 5. The summed E-state index contributed by atoms with van der Waals surface area (Å²) in [6.45, 7) is 5.31. The first kappa shape index (κ1) is 20.4. The lowest BCUT2D eigenvalue weighted by molar-refractivity contribution is 0.0122. The van der Waals surface area contributed by atoms with E-state index in [2.05, 4.69) is 21.2 Å². The Labute approximate surface area is 148 Å². The molecule has 1 aromatic carbocycles. The summed E-state index contributed by atoms with van der Waals surface area (Å²) in [6, 6.07) is 4.22. The first-order valence-electron chi connectivity index (χ1n) is 7.36. The van der Waals surface area contributed by atoms with Crippen molar-refractivity contribution in [2.45, 2.75) is 45.0 Å². The molecule has 0 fully saturated rings. The third-order valence-electron chi connectivity index (χ3n) is 2.98. The van der Waals surface area contributed by atoms with E-state index in [0.29, 0.717) is 4.47 Å². The molecule has 134 valence electrons. The fourth-order valence-electron chi connectivity index (χ4n) is 1.92. The number of aromatic carboxylic acids is 1. The highest BCUT2D eigenvalue weighted by atomic mass is 79.9. The zero-order valence-corrected chi connectivity index (χ0v) is 15.3. The molecule has 8 heteroatoms. The van der Waals surface area contributed by atoms with Crippen LogP contribution in [0.3, 0.4) is 0 Å². The van der Waals surface area contributed by atoms with Crippen LogP contribution >= 0.6 is 15.9 Å². The summed E-state index contributed by atoms with van der Waals surface area (Å²) in [6.07, 6.45) is -2.98. The molecule has 1 amide bonds. The highest BCUT2D eigenvalue weighted by Gasteiger charge is 2.21. The summed E-state index contributed by atoms with van der Waals surface area (Å²) in [7, 11) is 0. The number of carbonyl (C=O) groups is 2. The van der Waals surface area contributed by atoms with Crippen molar-refractivity contribution in [1.82, 2.24) is 5.32 Å². The molecule has 7 nitrogen and oxygen atoms in total. The normalized spacial score (nSPS) is 13.9. The van der Waals surface area contributed by atoms with Gasteiger partial charge in [0.05, 0.1) is 11.7 Å². The predicted molar refractivity (Wildman–Crippen MR) is 90.9 cm³/mol. The molecule has 1 aromatic rings. The second-order valence-corrected chi connectivity index (χ2v) is 7.22. The topological polar surface area (TPSA) is 116 Å². The van der Waals surface area contributed by atoms with Gasteiger partial charge in [-0.15, -0.1) is 0 Å². The smallest absolute Gasteiger partial charge is 0.407 e. The van der Waals surface area contributed by atoms with Crippen molar-refractivity contribution in [2.24, 2.45) is 0 Å². The van der Waals surface area contributed by atoms with Gasteiger partial charge in [0.15, 0.2) is 0 Å². The fraction of sp³-hybridized carbons (Fsp3) is 0.500. The van der Waals surface area contributed by atoms with Crippen LogP contribution in [0.5, 0.6) is 0 Å². The SMILES string of the molecule is CC(C)(C)OC(=O)NCCC(O)C(O)c1cc(Br)cc(C(=O)O)c1. The maximum Gasteiger partial charge on any atom is 0.407 e. The molecule has 0 aromatic heterocycles. The van der Waals surface area contributed by atoms with E-state index in [-0.39, 0.29) is 24.1 Å². The van der Waals surface area contributed by atoms with Gasteiger partial charge in [-0.3, -0.25) is 0 Å². The van der Waals surface area contributed by atoms with Gasteiger partial charge in [0, 0.05) is 11.0 Å². The van der Waals surface area contributed by atoms with Crippen LogP contribution in [-0.4, -0.2) is 45.6 Å². The summed E-state index contributed by atoms with van der Waals surface area (Å²) in [5, 5.41) is 31.7. The minimum atomic E-state index is -1.28. The maximum atomic E-state index is 11.5. The lowest BCUT2D eigenvalue weighted by Crippen LogP contribution is -2.34. The number of rotatable bonds is 6. The van der Waals surface area contributed by atoms with Gasteiger partial charge in [-0.1, -0.05) is 15.9 Å². The van der Waals surface area contributed by atoms with Crippen LogP contribution in [-0.2, 0) is 4.74 Å². The number of hydrogen-bond donors (Lipinski definition) is 4. The number of halogens is 1. The number of carboxylic acids is 1. The molecular weight excluding hydrogens is 382 g/mol. The second kappa shape index (κ2) is 8.46. The number of amides is 1. The van der Waals surface area contributed by atoms with Crippen molar-refractivity contribution in [3.63, 3.8) is 0 Å². The van der Waals surface area contributed by atoms with Gasteiger partial charge in [-0.2, -0.15) is 0 Å². The van der Waals surface area contributed by atoms with Crippen LogP contribution < -0.4 is 5.32 Å². The monoisotopic (exact) mass is 403 g/mol. The van der Waals surface area contributed by atoms with E-state index < -0.39 is 29.9 Å². The van der Waals surface area contributed by atoms with E-state index in [1.165, 1.54) is 18.2 Å². The van der Waals surface area contributed by atoms with E-state index in [4.69, 9.17) is 9.84 Å². The fourth-order valence-corrected chi connectivity index (χ4v) is 2.43. The quantitative estimate of drug-likeness (QED) is 0.579. The summed E-state index contributed by atoms with van der Waals surface area (Å²) in [4.78, 5) is 22.5. The number of aliphatic hydroxyl groups is 2. The summed E-state index contributed by atoms with van der Waals surface area (Å²) < 4.78 is 5.54. The Morgan fingerprint density at radius 3 is 2.42 bits per heavy atom. The molecule has 2 atom stereocenters. The van der Waals surface area contributed by atoms with Gasteiger partial charge in [0.2, 0.25) is 0 Å². The largest absolute Gasteiger partial charge is 0.478 e. The lowest BCUT2D eigenvalue weighted by Gasteiger charge is -2.21. The van der Waals surface area contributed by atoms with Gasteiger partial charge in [-0.05, 0) is 51.0 Å². The highest BCUT2D eigenvalue weighted by Crippen LogP contribution is 2.24. The summed E-state index contributed by atoms with van der Waals surface area (Å²) >= 11 is 3.17. The number of aliphatic hydroxyl groups excluding tert-OH is 2. The Balaban J connectivity index is 2.61. The Morgan fingerprint density at radius 1 is 1.25 bits per heavy atom. The number of carboxylic acid groups (broad SMARTS) is 1. The maximum absolute atomic E-state index is 11.5. The molecule has 0 saturated carbocycles. The summed E-state index contributed by atoms with van der Waals surface area (Å²) in [5.74, 6) is -1.13. The average molecular weight is 404 g/mol. The van der Waals surface area contributed by atoms with E-state index in [1.54, 1.807) is 20.8 Å². The Hall–Kier alpha value is -1.64. The number of alkyl carbamates (subject to hydrolysis) is 1. The highest BCUT2D eigenvalue weighted by molar-refractivity contribution is 9.10. The molecule has 0 saturated heterocycles. The van der Waals surface area contributed by atoms with Crippen molar-refractivity contribution >= 4 is 28.0 Å². The van der Waals surface area contributed by atoms with Gasteiger partial charge in [0.1, 0.15) is 11.7 Å². The molecule has 2 unspecified atom stereocenters. The number of benzene rings is 1. The van der Waals surface area contributed by atoms with Crippen molar-refractivity contribution < 1.29 is 29.6 Å². The molecule has 4 N–H and O–H groups in total. The molecule has 0 aliphatic heterocycles. The molecule has 24 heavy (non-hydrogen) atoms. The van der Waals surface area contributed by atoms with Crippen LogP contribution in [0.15, 0.2) is 22.7 Å². The van der Waals surface area contributed by atoms with Crippen LogP contribution in [0.2, 0.25) is 0 Å². The van der Waals surface area contributed by atoms with Crippen LogP contribution in [0.4, 0.5) is 4.79 Å². The molecular formula is C16H22BrNO6. The number of nitrogens with one attached hydrogen (secondary N) is 1. The average Bonchev–Trinajstić information content (AvgIpc) is 2.43. The third-order valence-corrected chi connectivity index (χ3v) is 3.44. The molecule has 0 aliphatic carbocycles. The van der Waals surface area contributed by atoms with E-state index in [1.807, 2.05) is 0 Å². The van der Waals surface area contributed by atoms with Crippen molar-refractivity contribution in [3.05, 3.63) is 33.8 Å². The zero-order valence-electron chi connectivity index (χ0n) is 13.7. The van der Waals surface area contributed by atoms with Crippen molar-refractivity contribution in [1.29, 1.82) is 0 Å². The van der Waals surface area contributed by atoms with E-state index in [9.17, 15) is 19.8 Å². The third kappa shape index (κ3) is 6.86. The predicted octanol–water partition coefficient (Wildman–Crippen LogP) is 2.46. The van der Waals surface area contributed by atoms with Crippen LogP contribution in [0.25, 0.3) is 0 Å². The van der Waals surface area contributed by atoms with E-state index in [0.717, 1.165) is 0 Å². The molecule has 0 bridgehead atoms. The number of carbonyl (C=O) groups excluding carboxylic acids is 1. The first-order valence-corrected chi connectivity index (χ1v) is 8.15. The lowest BCUT2D eigenvalue weighted by atomic mass is 10.00. The first-order chi connectivity index (χ1) is 11.0. The molecule has 0 spiro atoms. The standard InChI is InChI=1S/C16H22BrNO6/c1-16(2,3)24-15(23)18-5-4-12(19)13(20)9-6-10(14(21)22)8-11(17)7-9/h6-8,12-13,19-20H,4-5H2,1-3H3,(H,18,23)(H,21,22). The molecule has 1 rings (SSSR count). The minimum absolute atomic E-state index is 0.00231. The minimum Gasteiger partial charge on any atom is -0.478 e. The summed E-state index contributed by atoms with van der Waals surface area (Å²) in [5.41, 5.74) is -0.352. The van der Waals surface area contributed by atoms with Gasteiger partial charge in [0.25, 0.3) is 0 Å². The van der Waals surface area contributed by atoms with Crippen molar-refractivity contribution in [3.8, 4) is 0 Å². The van der Waals surface area contributed by atoms with Gasteiger partial charge in [-0.25, -0.2) is 9.59 Å². The van der Waals surface area contributed by atoms with Gasteiger partial charge < -0.3 is 25.4 Å². The van der Waals surface area contributed by atoms with Crippen molar-refractivity contribution in [2.75, 3.05) is 6.54 Å². The molecule has 0 heterocycles. The van der Waals surface area contributed by atoms with E-state index >= 15 is 0 Å². The second-order valence-electron chi connectivity index (χ2n) is 6.31. The molecule has 0 radical (unpaired) electrons. The van der Waals surface area contributed by atoms with Crippen LogP contribution in [0.1, 0.15) is 49.2 Å². The number of ether oxygens (including phenoxy) is 1. The van der Waals surface area contributed by atoms with Gasteiger partial charge >= 0.3 is 12.1 Å².